The van der Waals surface area contributed by atoms with E-state index in [1.165, 1.54) is 30.4 Å². The average Bonchev–Trinajstić information content (AvgIpc) is 2.79. The zero-order valence-electron chi connectivity index (χ0n) is 11.8. The van der Waals surface area contributed by atoms with E-state index in [1.54, 1.807) is 0 Å². The fraction of sp³-hybridized carbons (Fsp3) is 0.625. The van der Waals surface area contributed by atoms with E-state index in [-0.39, 0.29) is 0 Å². The molecular weight excluding hydrogens is 222 g/mol. The molecule has 1 aliphatic rings. The zero-order chi connectivity index (χ0) is 13.0. The van der Waals surface area contributed by atoms with Gasteiger partial charge in [-0.2, -0.15) is 0 Å². The Morgan fingerprint density at radius 2 is 2.22 bits per heavy atom. The molecule has 2 unspecified atom stereocenters. The molecule has 18 heavy (non-hydrogen) atoms. The van der Waals surface area contributed by atoms with Gasteiger partial charge in [-0.15, -0.1) is 0 Å². The molecule has 0 fully saturated rings. The minimum Gasteiger partial charge on any atom is -0.493 e. The van der Waals surface area contributed by atoms with Crippen molar-refractivity contribution in [2.45, 2.75) is 46.1 Å². The van der Waals surface area contributed by atoms with Crippen molar-refractivity contribution < 1.29 is 4.74 Å². The summed E-state index contributed by atoms with van der Waals surface area (Å²) in [5.74, 6) is 1.67. The molecule has 0 heterocycles. The number of aryl methyl sites for hydroxylation is 1. The third kappa shape index (κ3) is 3.05. The van der Waals surface area contributed by atoms with E-state index in [4.69, 9.17) is 4.74 Å². The highest BCUT2D eigenvalue weighted by Gasteiger charge is 2.21. The molecule has 1 N–H and O–H groups in total. The van der Waals surface area contributed by atoms with Crippen LogP contribution in [0.25, 0.3) is 0 Å². The fourth-order valence-electron chi connectivity index (χ4n) is 2.50. The summed E-state index contributed by atoms with van der Waals surface area (Å²) in [5.41, 5.74) is 2.93. The maximum absolute atomic E-state index is 5.86. The average molecular weight is 247 g/mol. The van der Waals surface area contributed by atoms with Crippen molar-refractivity contribution in [3.8, 4) is 5.75 Å². The van der Waals surface area contributed by atoms with Gasteiger partial charge >= 0.3 is 0 Å². The Hall–Kier alpha value is -1.02. The summed E-state index contributed by atoms with van der Waals surface area (Å²) in [4.78, 5) is 0. The monoisotopic (exact) mass is 247 g/mol. The molecule has 2 rings (SSSR count). The number of hydrogen-bond acceptors (Lipinski definition) is 2. The lowest BCUT2D eigenvalue weighted by Crippen LogP contribution is -2.18. The van der Waals surface area contributed by atoms with Crippen LogP contribution in [0.4, 0.5) is 0 Å². The first kappa shape index (κ1) is 13.4. The normalized spacial score (nSPS) is 19.6. The number of rotatable bonds is 6. The van der Waals surface area contributed by atoms with Gasteiger partial charge in [-0.1, -0.05) is 33.3 Å². The van der Waals surface area contributed by atoms with Gasteiger partial charge in [-0.3, -0.25) is 0 Å². The van der Waals surface area contributed by atoms with Crippen molar-refractivity contribution in [2.75, 3.05) is 13.2 Å². The second kappa shape index (κ2) is 6.24. The van der Waals surface area contributed by atoms with Crippen LogP contribution in [-0.2, 0) is 6.42 Å². The van der Waals surface area contributed by atoms with Gasteiger partial charge in [0.1, 0.15) is 5.75 Å². The summed E-state index contributed by atoms with van der Waals surface area (Å²) in [6.45, 7) is 8.47. The second-order valence-corrected chi connectivity index (χ2v) is 5.33. The van der Waals surface area contributed by atoms with Crippen LogP contribution in [0.3, 0.4) is 0 Å². The third-order valence-corrected chi connectivity index (χ3v) is 3.87. The third-order valence-electron chi connectivity index (χ3n) is 3.87. The van der Waals surface area contributed by atoms with Crippen molar-refractivity contribution >= 4 is 0 Å². The summed E-state index contributed by atoms with van der Waals surface area (Å²) in [7, 11) is 0. The smallest absolute Gasteiger partial charge is 0.119 e. The highest BCUT2D eigenvalue weighted by Crippen LogP contribution is 2.33. The molecule has 0 spiro atoms. The number of hydrogen-bond donors (Lipinski definition) is 1. The largest absolute Gasteiger partial charge is 0.493 e. The molecule has 100 valence electrons. The van der Waals surface area contributed by atoms with Gasteiger partial charge < -0.3 is 10.1 Å². The number of ether oxygens (including phenoxy) is 1. The molecule has 2 atom stereocenters. The summed E-state index contributed by atoms with van der Waals surface area (Å²) < 4.78 is 5.86. The number of benzene rings is 1. The fourth-order valence-corrected chi connectivity index (χ4v) is 2.50. The van der Waals surface area contributed by atoms with Crippen molar-refractivity contribution in [3.05, 3.63) is 29.3 Å². The van der Waals surface area contributed by atoms with Gasteiger partial charge in [0.2, 0.25) is 0 Å². The molecule has 1 aliphatic carbocycles. The van der Waals surface area contributed by atoms with E-state index >= 15 is 0 Å². The Labute approximate surface area is 111 Å². The van der Waals surface area contributed by atoms with E-state index < -0.39 is 0 Å². The molecule has 0 amide bonds. The molecule has 0 aromatic heterocycles. The highest BCUT2D eigenvalue weighted by molar-refractivity contribution is 5.40. The molecule has 0 aliphatic heterocycles. The minimum absolute atomic E-state index is 0.550. The lowest BCUT2D eigenvalue weighted by Gasteiger charge is -2.14. The maximum atomic E-state index is 5.86. The topological polar surface area (TPSA) is 21.3 Å². The van der Waals surface area contributed by atoms with Crippen molar-refractivity contribution in [2.24, 2.45) is 5.92 Å². The lowest BCUT2D eigenvalue weighted by molar-refractivity contribution is 0.256. The number of fused-ring (bicyclic) bond motifs is 1. The molecular formula is C16H25NO. The Morgan fingerprint density at radius 1 is 1.39 bits per heavy atom. The highest BCUT2D eigenvalue weighted by atomic mass is 16.5. The first-order valence-corrected chi connectivity index (χ1v) is 7.23. The van der Waals surface area contributed by atoms with Gasteiger partial charge in [-0.05, 0) is 48.6 Å². The lowest BCUT2D eigenvalue weighted by atomic mass is 10.1. The molecule has 0 bridgehead atoms. The van der Waals surface area contributed by atoms with Crippen LogP contribution >= 0.6 is 0 Å². The van der Waals surface area contributed by atoms with Gasteiger partial charge in [0, 0.05) is 6.04 Å². The second-order valence-electron chi connectivity index (χ2n) is 5.33. The Bertz CT molecular complexity index is 389. The molecule has 0 saturated heterocycles. The Balaban J connectivity index is 2.00. The van der Waals surface area contributed by atoms with Gasteiger partial charge in [-0.25, -0.2) is 0 Å². The van der Waals surface area contributed by atoms with Crippen LogP contribution in [0.15, 0.2) is 18.2 Å². The Morgan fingerprint density at radius 3 is 2.94 bits per heavy atom. The van der Waals surface area contributed by atoms with Gasteiger partial charge in [0.05, 0.1) is 6.61 Å². The SMILES string of the molecule is CCNC1CCc2cc(OCC(C)CC)ccc21. The van der Waals surface area contributed by atoms with Crippen LogP contribution in [0.1, 0.15) is 50.8 Å². The quantitative estimate of drug-likeness (QED) is 0.827. The predicted molar refractivity (Wildman–Crippen MR) is 76.1 cm³/mol. The molecule has 2 nitrogen and oxygen atoms in total. The van der Waals surface area contributed by atoms with Crippen LogP contribution in [0, 0.1) is 5.92 Å². The molecule has 0 radical (unpaired) electrons. The van der Waals surface area contributed by atoms with E-state index in [2.05, 4.69) is 44.3 Å². The van der Waals surface area contributed by atoms with Crippen molar-refractivity contribution in [1.29, 1.82) is 0 Å². The molecule has 2 heteroatoms. The summed E-state index contributed by atoms with van der Waals surface area (Å²) in [5, 5.41) is 3.54. The number of nitrogens with one attached hydrogen (secondary N) is 1. The molecule has 0 saturated carbocycles. The van der Waals surface area contributed by atoms with Crippen LogP contribution in [0.2, 0.25) is 0 Å². The van der Waals surface area contributed by atoms with Crippen LogP contribution in [-0.4, -0.2) is 13.2 Å². The predicted octanol–water partition coefficient (Wildman–Crippen LogP) is 3.71. The van der Waals surface area contributed by atoms with Crippen molar-refractivity contribution in [1.82, 2.24) is 5.32 Å². The van der Waals surface area contributed by atoms with E-state index in [0.29, 0.717) is 12.0 Å². The van der Waals surface area contributed by atoms with Gasteiger partial charge in [0.15, 0.2) is 0 Å². The van der Waals surface area contributed by atoms with Gasteiger partial charge in [0.25, 0.3) is 0 Å². The van der Waals surface area contributed by atoms with Crippen molar-refractivity contribution in [3.63, 3.8) is 0 Å². The van der Waals surface area contributed by atoms with E-state index in [1.807, 2.05) is 0 Å². The van der Waals surface area contributed by atoms with E-state index in [9.17, 15) is 0 Å². The summed E-state index contributed by atoms with van der Waals surface area (Å²) in [6.07, 6.45) is 3.57. The Kier molecular flexibility index (Phi) is 4.65. The van der Waals surface area contributed by atoms with E-state index in [0.717, 1.165) is 18.9 Å². The first-order chi connectivity index (χ1) is 8.74. The standard InChI is InChI=1S/C16H25NO/c1-4-12(3)11-18-14-7-8-15-13(10-14)6-9-16(15)17-5-2/h7-8,10,12,16-17H,4-6,9,11H2,1-3H3. The van der Waals surface area contributed by atoms with Crippen LogP contribution in [0.5, 0.6) is 5.75 Å². The first-order valence-electron chi connectivity index (χ1n) is 7.23. The molecule has 1 aromatic rings. The summed E-state index contributed by atoms with van der Waals surface area (Å²) >= 11 is 0. The summed E-state index contributed by atoms with van der Waals surface area (Å²) in [6, 6.07) is 7.14. The van der Waals surface area contributed by atoms with Crippen LogP contribution < -0.4 is 10.1 Å². The molecule has 1 aromatic carbocycles. The minimum atomic E-state index is 0.550. The zero-order valence-corrected chi connectivity index (χ0v) is 11.8. The maximum Gasteiger partial charge on any atom is 0.119 e.